The molecule has 0 unspecified atom stereocenters. The van der Waals surface area contributed by atoms with Crippen LogP contribution in [-0.4, -0.2) is 49.0 Å². The maximum absolute atomic E-state index is 13.6. The molecule has 5 rings (SSSR count). The molecular weight excluding hydrogens is 420 g/mol. The number of benzene rings is 2. The van der Waals surface area contributed by atoms with Crippen LogP contribution in [0, 0.1) is 0 Å². The van der Waals surface area contributed by atoms with E-state index in [-0.39, 0.29) is 17.0 Å². The largest absolute Gasteiger partial charge is 0.497 e. The Morgan fingerprint density at radius 3 is 2.30 bits per heavy atom. The summed E-state index contributed by atoms with van der Waals surface area (Å²) >= 11 is 0. The normalized spacial score (nSPS) is 16.4. The highest BCUT2D eigenvalue weighted by atomic mass is 16.5. The van der Waals surface area contributed by atoms with E-state index in [1.807, 2.05) is 12.1 Å². The molecule has 0 atom stereocenters. The highest BCUT2D eigenvalue weighted by Crippen LogP contribution is 2.48. The Kier molecular flexibility index (Phi) is 5.17. The number of ether oxygens (including phenoxy) is 2. The van der Waals surface area contributed by atoms with E-state index in [4.69, 9.17) is 15.2 Å². The molecule has 2 N–H and O–H groups in total. The van der Waals surface area contributed by atoms with Gasteiger partial charge in [-0.3, -0.25) is 9.59 Å². The molecular formula is C25H26N4O4. The van der Waals surface area contributed by atoms with Crippen molar-refractivity contribution in [2.75, 3.05) is 32.3 Å². The number of carbonyl (C=O) groups excluding carboxylic acids is 2. The van der Waals surface area contributed by atoms with Gasteiger partial charge in [0.15, 0.2) is 5.69 Å². The lowest BCUT2D eigenvalue weighted by atomic mass is 9.96. The summed E-state index contributed by atoms with van der Waals surface area (Å²) in [5.41, 5.74) is 9.48. The monoisotopic (exact) mass is 446 g/mol. The molecule has 0 bridgehead atoms. The van der Waals surface area contributed by atoms with E-state index >= 15 is 0 Å². The van der Waals surface area contributed by atoms with E-state index < -0.39 is 5.91 Å². The molecule has 1 aromatic heterocycles. The maximum Gasteiger partial charge on any atom is 0.277 e. The van der Waals surface area contributed by atoms with Gasteiger partial charge in [0, 0.05) is 30.3 Å². The van der Waals surface area contributed by atoms with Crippen molar-refractivity contribution in [1.82, 2.24) is 9.78 Å². The molecule has 1 aliphatic heterocycles. The second-order valence-electron chi connectivity index (χ2n) is 8.62. The summed E-state index contributed by atoms with van der Waals surface area (Å²) in [7, 11) is 3.31. The second-order valence-corrected chi connectivity index (χ2v) is 8.62. The third kappa shape index (κ3) is 3.56. The Morgan fingerprint density at radius 2 is 1.73 bits per heavy atom. The molecule has 8 nitrogen and oxygen atoms in total. The number of aromatic nitrogens is 2. The number of carbonyl (C=O) groups is 2. The summed E-state index contributed by atoms with van der Waals surface area (Å²) in [4.78, 5) is 27.4. The Bertz CT molecular complexity index is 1210. The number of nitrogens with two attached hydrogens (primary N) is 1. The molecule has 0 radical (unpaired) electrons. The molecule has 1 fully saturated rings. The summed E-state index contributed by atoms with van der Waals surface area (Å²) in [5, 5.41) is 4.41. The third-order valence-corrected chi connectivity index (χ3v) is 6.63. The van der Waals surface area contributed by atoms with Crippen LogP contribution in [0.5, 0.6) is 5.75 Å². The van der Waals surface area contributed by atoms with Crippen molar-refractivity contribution in [2.45, 2.75) is 24.7 Å². The van der Waals surface area contributed by atoms with Crippen LogP contribution in [-0.2, 0) is 16.6 Å². The molecule has 33 heavy (non-hydrogen) atoms. The number of hydrogen-bond donors (Lipinski definition) is 1. The van der Waals surface area contributed by atoms with E-state index in [0.29, 0.717) is 42.3 Å². The smallest absolute Gasteiger partial charge is 0.277 e. The third-order valence-electron chi connectivity index (χ3n) is 6.63. The standard InChI is InChI=1S/C25H26N4O4/c1-32-15-25(12-13-25)16-3-5-17(6-4-16)28-14-11-20-21(23(26)30)27-29(22(20)24(28)31)18-7-9-19(33-2)10-8-18/h3-10H,11-15H2,1-2H3,(H2,26,30). The number of amides is 2. The first-order valence-corrected chi connectivity index (χ1v) is 10.9. The number of nitrogens with zero attached hydrogens (tertiary/aromatic N) is 3. The molecule has 2 heterocycles. The van der Waals surface area contributed by atoms with Crippen molar-refractivity contribution in [3.8, 4) is 11.4 Å². The number of anilines is 1. The zero-order valence-corrected chi connectivity index (χ0v) is 18.7. The highest BCUT2D eigenvalue weighted by molar-refractivity contribution is 6.09. The predicted octanol–water partition coefficient (Wildman–Crippen LogP) is 2.86. The molecule has 1 saturated carbocycles. The fourth-order valence-electron chi connectivity index (χ4n) is 4.65. The van der Waals surface area contributed by atoms with Crippen molar-refractivity contribution in [3.63, 3.8) is 0 Å². The van der Waals surface area contributed by atoms with E-state index in [1.165, 1.54) is 10.2 Å². The first-order chi connectivity index (χ1) is 16.0. The van der Waals surface area contributed by atoms with Gasteiger partial charge in [-0.15, -0.1) is 0 Å². The van der Waals surface area contributed by atoms with Crippen molar-refractivity contribution in [3.05, 3.63) is 71.0 Å². The lowest BCUT2D eigenvalue weighted by Gasteiger charge is -2.28. The van der Waals surface area contributed by atoms with Crippen LogP contribution in [0.3, 0.4) is 0 Å². The van der Waals surface area contributed by atoms with Crippen molar-refractivity contribution < 1.29 is 19.1 Å². The van der Waals surface area contributed by atoms with Crippen LogP contribution in [0.1, 0.15) is 44.9 Å². The summed E-state index contributed by atoms with van der Waals surface area (Å²) < 4.78 is 12.1. The van der Waals surface area contributed by atoms with Gasteiger partial charge in [-0.25, -0.2) is 4.68 Å². The van der Waals surface area contributed by atoms with Crippen LogP contribution in [0.15, 0.2) is 48.5 Å². The number of primary amides is 1. The first kappa shape index (κ1) is 21.2. The van der Waals surface area contributed by atoms with Crippen molar-refractivity contribution in [2.24, 2.45) is 5.73 Å². The minimum atomic E-state index is -0.642. The Morgan fingerprint density at radius 1 is 1.06 bits per heavy atom. The van der Waals surface area contributed by atoms with Gasteiger partial charge in [0.1, 0.15) is 11.4 Å². The highest BCUT2D eigenvalue weighted by Gasteiger charge is 2.44. The molecule has 0 spiro atoms. The van der Waals surface area contributed by atoms with Crippen molar-refractivity contribution in [1.29, 1.82) is 0 Å². The van der Waals surface area contributed by atoms with Crippen molar-refractivity contribution >= 4 is 17.5 Å². The van der Waals surface area contributed by atoms with Gasteiger partial charge in [-0.1, -0.05) is 12.1 Å². The average Bonchev–Trinajstić information content (AvgIpc) is 3.50. The molecule has 2 aliphatic rings. The van der Waals surface area contributed by atoms with Crippen LogP contribution < -0.4 is 15.4 Å². The number of methoxy groups -OCH3 is 2. The Hall–Kier alpha value is -3.65. The van der Waals surface area contributed by atoms with E-state index in [2.05, 4.69) is 17.2 Å². The van der Waals surface area contributed by atoms with Gasteiger partial charge in [-0.2, -0.15) is 5.10 Å². The lowest BCUT2D eigenvalue weighted by Crippen LogP contribution is -2.39. The molecule has 170 valence electrons. The molecule has 8 heteroatoms. The zero-order chi connectivity index (χ0) is 23.2. The number of hydrogen-bond acceptors (Lipinski definition) is 5. The first-order valence-electron chi connectivity index (χ1n) is 10.9. The van der Waals surface area contributed by atoms with Gasteiger partial charge in [0.05, 0.1) is 19.4 Å². The summed E-state index contributed by atoms with van der Waals surface area (Å²) in [6.45, 7) is 1.15. The SMILES string of the molecule is COCC1(c2ccc(N3CCc4c(C(N)=O)nn(-c5ccc(OC)cc5)c4C3=O)cc2)CC1. The van der Waals surface area contributed by atoms with Gasteiger partial charge < -0.3 is 20.1 Å². The predicted molar refractivity (Wildman–Crippen MR) is 123 cm³/mol. The minimum Gasteiger partial charge on any atom is -0.497 e. The second kappa shape index (κ2) is 8.04. The van der Waals surface area contributed by atoms with E-state index in [0.717, 1.165) is 18.5 Å². The molecule has 2 aromatic carbocycles. The topological polar surface area (TPSA) is 99.7 Å². The Labute approximate surface area is 191 Å². The maximum atomic E-state index is 13.6. The van der Waals surface area contributed by atoms with Crippen LogP contribution in [0.2, 0.25) is 0 Å². The van der Waals surface area contributed by atoms with Gasteiger partial charge in [0.25, 0.3) is 11.8 Å². The average molecular weight is 447 g/mol. The molecule has 3 aromatic rings. The van der Waals surface area contributed by atoms with Gasteiger partial charge in [0.2, 0.25) is 0 Å². The molecule has 0 saturated heterocycles. The lowest BCUT2D eigenvalue weighted by molar-refractivity contribution is 0.0972. The fraction of sp³-hybridized carbons (Fsp3) is 0.320. The van der Waals surface area contributed by atoms with E-state index in [1.54, 1.807) is 43.4 Å². The van der Waals surface area contributed by atoms with E-state index in [9.17, 15) is 9.59 Å². The quantitative estimate of drug-likeness (QED) is 0.602. The van der Waals surface area contributed by atoms with Gasteiger partial charge in [-0.05, 0) is 61.2 Å². The fourth-order valence-corrected chi connectivity index (χ4v) is 4.65. The summed E-state index contributed by atoms with van der Waals surface area (Å²) in [6.07, 6.45) is 2.72. The van der Waals surface area contributed by atoms with Crippen LogP contribution in [0.4, 0.5) is 5.69 Å². The minimum absolute atomic E-state index is 0.107. The van der Waals surface area contributed by atoms with Gasteiger partial charge >= 0.3 is 0 Å². The molecule has 2 amide bonds. The molecule has 1 aliphatic carbocycles. The van der Waals surface area contributed by atoms with Crippen LogP contribution in [0.25, 0.3) is 5.69 Å². The summed E-state index contributed by atoms with van der Waals surface area (Å²) in [5.74, 6) is -0.167. The summed E-state index contributed by atoms with van der Waals surface area (Å²) in [6, 6.07) is 15.3. The van der Waals surface area contributed by atoms with Crippen LogP contribution >= 0.6 is 0 Å². The number of fused-ring (bicyclic) bond motifs is 1. The Balaban J connectivity index is 1.51. The zero-order valence-electron chi connectivity index (χ0n) is 18.7. The number of rotatable bonds is 7.